The molecule has 34 heavy (non-hydrogen) atoms. The van der Waals surface area contributed by atoms with Gasteiger partial charge in [0.15, 0.2) is 0 Å². The van der Waals surface area contributed by atoms with Crippen LogP contribution in [-0.2, 0) is 4.79 Å². The number of carbonyl (C=O) groups is 1. The number of benzene rings is 1. The lowest BCUT2D eigenvalue weighted by atomic mass is 9.61. The number of aliphatic carboxylic acids is 1. The summed E-state index contributed by atoms with van der Waals surface area (Å²) < 4.78 is 27.5. The SMILES string of the molecule is O=C(O)[C@H]1C2CCC(CC2)C1Nc1sc(-c2c[nH]c3ncc(F)cc23)nc1-c1ccc(F)cc1. The third-order valence-corrected chi connectivity index (χ3v) is 8.29. The van der Waals surface area contributed by atoms with Crippen LogP contribution >= 0.6 is 11.3 Å². The molecule has 3 aliphatic carbocycles. The molecule has 6 nitrogen and oxygen atoms in total. The van der Waals surface area contributed by atoms with Crippen molar-refractivity contribution in [3.8, 4) is 21.8 Å². The van der Waals surface area contributed by atoms with E-state index in [1.54, 1.807) is 18.3 Å². The van der Waals surface area contributed by atoms with Gasteiger partial charge in [-0.3, -0.25) is 4.79 Å². The van der Waals surface area contributed by atoms with Gasteiger partial charge in [0.1, 0.15) is 33.0 Å². The minimum absolute atomic E-state index is 0.171. The van der Waals surface area contributed by atoms with E-state index in [0.29, 0.717) is 27.3 Å². The molecule has 2 bridgehead atoms. The summed E-state index contributed by atoms with van der Waals surface area (Å²) in [5.41, 5.74) is 2.62. The molecule has 0 spiro atoms. The average molecular weight is 481 g/mol. The van der Waals surface area contributed by atoms with Gasteiger partial charge in [0, 0.05) is 28.8 Å². The average Bonchev–Trinajstić information content (AvgIpc) is 3.44. The highest BCUT2D eigenvalue weighted by atomic mass is 32.1. The molecule has 4 aromatic rings. The van der Waals surface area contributed by atoms with Crippen LogP contribution in [0.3, 0.4) is 0 Å². The van der Waals surface area contributed by atoms with Crippen LogP contribution in [-0.4, -0.2) is 32.1 Å². The van der Waals surface area contributed by atoms with Gasteiger partial charge in [-0.05, 0) is 67.9 Å². The zero-order chi connectivity index (χ0) is 23.4. The van der Waals surface area contributed by atoms with Gasteiger partial charge in [0.05, 0.1) is 12.1 Å². The van der Waals surface area contributed by atoms with Crippen LogP contribution in [0, 0.1) is 29.4 Å². The number of H-pyrrole nitrogens is 1. The summed E-state index contributed by atoms with van der Waals surface area (Å²) in [4.78, 5) is 24.2. The van der Waals surface area contributed by atoms with Crippen molar-refractivity contribution < 1.29 is 18.7 Å². The fourth-order valence-electron chi connectivity index (χ4n) is 5.66. The lowest BCUT2D eigenvalue weighted by molar-refractivity contribution is -0.148. The minimum atomic E-state index is -0.766. The number of carboxylic acids is 1. The molecule has 0 amide bonds. The number of pyridine rings is 1. The second kappa shape index (κ2) is 8.16. The van der Waals surface area contributed by atoms with Crippen molar-refractivity contribution in [1.29, 1.82) is 0 Å². The van der Waals surface area contributed by atoms with Crippen LogP contribution in [0.1, 0.15) is 25.7 Å². The molecular weight excluding hydrogens is 458 g/mol. The molecule has 3 aliphatic rings. The molecule has 9 heteroatoms. The van der Waals surface area contributed by atoms with E-state index in [1.807, 2.05) is 0 Å². The largest absolute Gasteiger partial charge is 0.481 e. The molecule has 3 N–H and O–H groups in total. The maximum Gasteiger partial charge on any atom is 0.308 e. The summed E-state index contributed by atoms with van der Waals surface area (Å²) in [7, 11) is 0. The third-order valence-electron chi connectivity index (χ3n) is 7.27. The predicted octanol–water partition coefficient (Wildman–Crippen LogP) is 5.93. The highest BCUT2D eigenvalue weighted by Crippen LogP contribution is 2.48. The van der Waals surface area contributed by atoms with E-state index in [2.05, 4.69) is 15.3 Å². The van der Waals surface area contributed by atoms with E-state index >= 15 is 0 Å². The normalized spacial score (nSPS) is 23.9. The van der Waals surface area contributed by atoms with E-state index in [1.165, 1.54) is 29.5 Å². The maximum absolute atomic E-state index is 13.9. The van der Waals surface area contributed by atoms with Crippen molar-refractivity contribution in [2.75, 3.05) is 5.32 Å². The molecule has 0 aliphatic heterocycles. The smallest absolute Gasteiger partial charge is 0.308 e. The molecule has 3 heterocycles. The van der Waals surface area contributed by atoms with E-state index in [9.17, 15) is 18.7 Å². The maximum atomic E-state index is 13.9. The lowest BCUT2D eigenvalue weighted by Crippen LogP contribution is -2.51. The number of rotatable bonds is 5. The van der Waals surface area contributed by atoms with E-state index in [4.69, 9.17) is 4.98 Å². The molecule has 3 fully saturated rings. The Morgan fingerprint density at radius 1 is 1.09 bits per heavy atom. The first-order chi connectivity index (χ1) is 16.5. The number of aromatic amines is 1. The van der Waals surface area contributed by atoms with Gasteiger partial charge < -0.3 is 15.4 Å². The van der Waals surface area contributed by atoms with Crippen LogP contribution < -0.4 is 5.32 Å². The zero-order valence-electron chi connectivity index (χ0n) is 18.1. The summed E-state index contributed by atoms with van der Waals surface area (Å²) in [5, 5.41) is 15.5. The molecule has 0 saturated heterocycles. The van der Waals surface area contributed by atoms with Gasteiger partial charge in [-0.25, -0.2) is 18.7 Å². The molecule has 0 radical (unpaired) electrons. The molecule has 3 aromatic heterocycles. The first-order valence-electron chi connectivity index (χ1n) is 11.4. The minimum Gasteiger partial charge on any atom is -0.481 e. The summed E-state index contributed by atoms with van der Waals surface area (Å²) in [6.07, 6.45) is 6.83. The highest BCUT2D eigenvalue weighted by molar-refractivity contribution is 7.19. The Morgan fingerprint density at radius 3 is 2.56 bits per heavy atom. The summed E-state index contributed by atoms with van der Waals surface area (Å²) in [5.74, 6) is -1.55. The van der Waals surface area contributed by atoms with Crippen molar-refractivity contribution in [3.63, 3.8) is 0 Å². The summed E-state index contributed by atoms with van der Waals surface area (Å²) in [6.45, 7) is 0. The molecule has 174 valence electrons. The van der Waals surface area contributed by atoms with Crippen molar-refractivity contribution >= 4 is 33.3 Å². The van der Waals surface area contributed by atoms with Crippen LogP contribution in [0.15, 0.2) is 42.7 Å². The van der Waals surface area contributed by atoms with Gasteiger partial charge >= 0.3 is 5.97 Å². The number of nitrogens with one attached hydrogen (secondary N) is 2. The number of hydrogen-bond acceptors (Lipinski definition) is 5. The zero-order valence-corrected chi connectivity index (χ0v) is 18.9. The molecule has 1 aromatic carbocycles. The molecular formula is C25H22F2N4O2S. The first kappa shape index (κ1) is 21.2. The van der Waals surface area contributed by atoms with Crippen LogP contribution in [0.4, 0.5) is 13.8 Å². The van der Waals surface area contributed by atoms with Gasteiger partial charge in [0.25, 0.3) is 0 Å². The number of carboxylic acid groups (broad SMARTS) is 1. The predicted molar refractivity (Wildman–Crippen MR) is 127 cm³/mol. The number of nitrogens with zero attached hydrogens (tertiary/aromatic N) is 2. The first-order valence-corrected chi connectivity index (χ1v) is 12.2. The molecule has 3 saturated carbocycles. The number of anilines is 1. The number of hydrogen-bond donors (Lipinski definition) is 3. The Kier molecular flexibility index (Phi) is 5.09. The fraction of sp³-hybridized carbons (Fsp3) is 0.320. The highest BCUT2D eigenvalue weighted by Gasteiger charge is 2.47. The van der Waals surface area contributed by atoms with Gasteiger partial charge in [-0.1, -0.05) is 11.3 Å². The topological polar surface area (TPSA) is 90.9 Å². The summed E-state index contributed by atoms with van der Waals surface area (Å²) >= 11 is 1.39. The van der Waals surface area contributed by atoms with Crippen LogP contribution in [0.5, 0.6) is 0 Å². The van der Waals surface area contributed by atoms with Crippen molar-refractivity contribution in [1.82, 2.24) is 15.0 Å². The van der Waals surface area contributed by atoms with Crippen LogP contribution in [0.25, 0.3) is 32.9 Å². The van der Waals surface area contributed by atoms with Gasteiger partial charge in [-0.2, -0.15) is 0 Å². The van der Waals surface area contributed by atoms with Gasteiger partial charge in [0.2, 0.25) is 0 Å². The summed E-state index contributed by atoms with van der Waals surface area (Å²) in [6, 6.07) is 7.31. The standard InChI is InChI=1S/C25H22F2N4O2S/c26-15-7-5-14(6-8-15)21-24(30-20-13-3-1-12(2-4-13)19(20)25(32)33)34-23(31-21)18-11-29-22-17(18)9-16(27)10-28-22/h5-13,19-20,30H,1-4H2,(H,28,29)(H,32,33)/t12?,13?,19-,20?/m0/s1. The fourth-order valence-corrected chi connectivity index (χ4v) is 6.72. The quantitative estimate of drug-likeness (QED) is 0.329. The monoisotopic (exact) mass is 480 g/mol. The van der Waals surface area contributed by atoms with E-state index in [0.717, 1.165) is 42.4 Å². The second-order valence-corrected chi connectivity index (χ2v) is 10.2. The van der Waals surface area contributed by atoms with Crippen molar-refractivity contribution in [2.45, 2.75) is 31.7 Å². The number of thiazole rings is 1. The van der Waals surface area contributed by atoms with E-state index in [-0.39, 0.29) is 23.7 Å². The lowest BCUT2D eigenvalue weighted by Gasteiger charge is -2.47. The Morgan fingerprint density at radius 2 is 1.82 bits per heavy atom. The Balaban J connectivity index is 1.45. The van der Waals surface area contributed by atoms with Gasteiger partial charge in [-0.15, -0.1) is 0 Å². The second-order valence-electron chi connectivity index (χ2n) is 9.16. The van der Waals surface area contributed by atoms with E-state index < -0.39 is 17.7 Å². The number of halogens is 2. The third kappa shape index (κ3) is 3.55. The molecule has 7 rings (SSSR count). The van der Waals surface area contributed by atoms with Crippen molar-refractivity contribution in [2.24, 2.45) is 17.8 Å². The Labute approximate surface area is 198 Å². The molecule has 1 unspecified atom stereocenters. The Hall–Kier alpha value is -3.33. The van der Waals surface area contributed by atoms with Crippen LogP contribution in [0.2, 0.25) is 0 Å². The number of aromatic nitrogens is 3. The molecule has 2 atom stereocenters. The number of fused-ring (bicyclic) bond motifs is 4. The Bertz CT molecular complexity index is 1380. The van der Waals surface area contributed by atoms with Crippen molar-refractivity contribution in [3.05, 3.63) is 54.4 Å².